The second-order valence-corrected chi connectivity index (χ2v) is 4.01. The number of ether oxygens (including phenoxy) is 2. The van der Waals surface area contributed by atoms with Gasteiger partial charge in [0.2, 0.25) is 0 Å². The maximum atomic E-state index is 11.9. The van der Waals surface area contributed by atoms with E-state index in [9.17, 15) is 4.79 Å². The number of unbranched alkanes of at least 4 members (excludes halogenated alkanes) is 1. The SMILES string of the molecule is COc1ccc(C(=O)CCCCCl)c(OC)c1. The lowest BCUT2D eigenvalue weighted by Crippen LogP contribution is -2.02. The van der Waals surface area contributed by atoms with E-state index < -0.39 is 0 Å². The Morgan fingerprint density at radius 2 is 2.00 bits per heavy atom. The van der Waals surface area contributed by atoms with Crippen LogP contribution in [0.4, 0.5) is 0 Å². The Balaban J connectivity index is 2.78. The first-order valence-corrected chi connectivity index (χ1v) is 6.07. The number of benzene rings is 1. The van der Waals surface area contributed by atoms with Crippen molar-refractivity contribution in [1.82, 2.24) is 0 Å². The number of alkyl halides is 1. The predicted octanol–water partition coefficient (Wildman–Crippen LogP) is 3.30. The van der Waals surface area contributed by atoms with Crippen molar-refractivity contribution in [2.75, 3.05) is 20.1 Å². The molecule has 0 aromatic heterocycles. The highest BCUT2D eigenvalue weighted by atomic mass is 35.5. The molecule has 17 heavy (non-hydrogen) atoms. The molecule has 0 aliphatic carbocycles. The van der Waals surface area contributed by atoms with Crippen LogP contribution in [0, 0.1) is 0 Å². The van der Waals surface area contributed by atoms with Gasteiger partial charge in [0.25, 0.3) is 0 Å². The van der Waals surface area contributed by atoms with Gasteiger partial charge in [-0.05, 0) is 25.0 Å². The quantitative estimate of drug-likeness (QED) is 0.427. The van der Waals surface area contributed by atoms with Crippen LogP contribution in [0.5, 0.6) is 11.5 Å². The van der Waals surface area contributed by atoms with Crippen LogP contribution in [0.25, 0.3) is 0 Å². The number of ketones is 1. The molecule has 0 amide bonds. The molecular formula is C13H17ClO3. The molecule has 0 aliphatic rings. The van der Waals surface area contributed by atoms with Gasteiger partial charge in [-0.15, -0.1) is 11.6 Å². The van der Waals surface area contributed by atoms with E-state index in [1.54, 1.807) is 32.4 Å². The molecule has 3 nitrogen and oxygen atoms in total. The van der Waals surface area contributed by atoms with Crippen LogP contribution >= 0.6 is 11.6 Å². The lowest BCUT2D eigenvalue weighted by Gasteiger charge is -2.09. The summed E-state index contributed by atoms with van der Waals surface area (Å²) < 4.78 is 10.3. The topological polar surface area (TPSA) is 35.5 Å². The molecule has 4 heteroatoms. The van der Waals surface area contributed by atoms with Crippen LogP contribution in [-0.2, 0) is 0 Å². The van der Waals surface area contributed by atoms with E-state index in [-0.39, 0.29) is 5.78 Å². The van der Waals surface area contributed by atoms with Crippen LogP contribution in [0.2, 0.25) is 0 Å². The Morgan fingerprint density at radius 3 is 2.59 bits per heavy atom. The van der Waals surface area contributed by atoms with Crippen molar-refractivity contribution in [3.05, 3.63) is 23.8 Å². The van der Waals surface area contributed by atoms with Gasteiger partial charge in [0, 0.05) is 18.4 Å². The summed E-state index contributed by atoms with van der Waals surface area (Å²) in [4.78, 5) is 11.9. The number of carbonyl (C=O) groups is 1. The lowest BCUT2D eigenvalue weighted by molar-refractivity contribution is 0.0977. The molecule has 0 atom stereocenters. The van der Waals surface area contributed by atoms with Crippen molar-refractivity contribution in [1.29, 1.82) is 0 Å². The van der Waals surface area contributed by atoms with Crippen molar-refractivity contribution in [3.63, 3.8) is 0 Å². The predicted molar refractivity (Wildman–Crippen MR) is 68.4 cm³/mol. The highest BCUT2D eigenvalue weighted by Crippen LogP contribution is 2.26. The molecule has 1 aromatic rings. The molecule has 94 valence electrons. The van der Waals surface area contributed by atoms with E-state index in [0.29, 0.717) is 29.4 Å². The maximum Gasteiger partial charge on any atom is 0.166 e. The summed E-state index contributed by atoms with van der Waals surface area (Å²) >= 11 is 5.58. The Morgan fingerprint density at radius 1 is 1.24 bits per heavy atom. The number of halogens is 1. The molecule has 0 saturated heterocycles. The first-order valence-electron chi connectivity index (χ1n) is 5.54. The third kappa shape index (κ3) is 3.93. The van der Waals surface area contributed by atoms with E-state index in [1.807, 2.05) is 0 Å². The van der Waals surface area contributed by atoms with E-state index in [2.05, 4.69) is 0 Å². The van der Waals surface area contributed by atoms with Crippen LogP contribution < -0.4 is 9.47 Å². The van der Waals surface area contributed by atoms with Gasteiger partial charge in [-0.25, -0.2) is 0 Å². The van der Waals surface area contributed by atoms with Gasteiger partial charge in [-0.1, -0.05) is 0 Å². The van der Waals surface area contributed by atoms with Crippen molar-refractivity contribution >= 4 is 17.4 Å². The normalized spacial score (nSPS) is 10.1. The first kappa shape index (κ1) is 13.8. The summed E-state index contributed by atoms with van der Waals surface area (Å²) in [6, 6.07) is 5.22. The second-order valence-electron chi connectivity index (χ2n) is 3.64. The fourth-order valence-corrected chi connectivity index (χ4v) is 1.73. The van der Waals surface area contributed by atoms with Gasteiger partial charge < -0.3 is 9.47 Å². The fourth-order valence-electron chi connectivity index (χ4n) is 1.54. The average Bonchev–Trinajstić information content (AvgIpc) is 2.38. The highest BCUT2D eigenvalue weighted by Gasteiger charge is 2.12. The second kappa shape index (κ2) is 7.17. The first-order chi connectivity index (χ1) is 8.22. The number of rotatable bonds is 7. The molecule has 0 unspecified atom stereocenters. The zero-order chi connectivity index (χ0) is 12.7. The minimum absolute atomic E-state index is 0.0784. The molecule has 0 radical (unpaired) electrons. The zero-order valence-electron chi connectivity index (χ0n) is 10.2. The van der Waals surface area contributed by atoms with E-state index in [4.69, 9.17) is 21.1 Å². The maximum absolute atomic E-state index is 11.9. The minimum atomic E-state index is 0.0784. The third-order valence-corrected chi connectivity index (χ3v) is 2.76. The molecule has 0 saturated carbocycles. The summed E-state index contributed by atoms with van der Waals surface area (Å²) in [5.41, 5.74) is 0.600. The number of carbonyl (C=O) groups excluding carboxylic acids is 1. The van der Waals surface area contributed by atoms with Crippen molar-refractivity contribution < 1.29 is 14.3 Å². The zero-order valence-corrected chi connectivity index (χ0v) is 10.9. The van der Waals surface area contributed by atoms with Crippen LogP contribution in [-0.4, -0.2) is 25.9 Å². The Kier molecular flexibility index (Phi) is 5.84. The number of Topliss-reactive ketones (excluding diaryl/α,β-unsaturated/α-hetero) is 1. The summed E-state index contributed by atoms with van der Waals surface area (Å²) in [5, 5.41) is 0. The molecule has 0 aliphatic heterocycles. The number of hydrogen-bond donors (Lipinski definition) is 0. The standard InChI is InChI=1S/C13H17ClO3/c1-16-10-6-7-11(13(9-10)17-2)12(15)5-3-4-8-14/h6-7,9H,3-5,8H2,1-2H3. The molecule has 1 aromatic carbocycles. The molecule has 0 heterocycles. The molecule has 0 N–H and O–H groups in total. The van der Waals surface area contributed by atoms with Crippen LogP contribution in [0.1, 0.15) is 29.6 Å². The summed E-state index contributed by atoms with van der Waals surface area (Å²) in [6.07, 6.45) is 2.15. The lowest BCUT2D eigenvalue weighted by atomic mass is 10.0. The number of methoxy groups -OCH3 is 2. The van der Waals surface area contributed by atoms with Gasteiger partial charge in [-0.2, -0.15) is 0 Å². The summed E-state index contributed by atoms with van der Waals surface area (Å²) in [5.74, 6) is 1.90. The Hall–Kier alpha value is -1.22. The molecular weight excluding hydrogens is 240 g/mol. The van der Waals surface area contributed by atoms with Gasteiger partial charge in [0.05, 0.1) is 19.8 Å². The summed E-state index contributed by atoms with van der Waals surface area (Å²) in [7, 11) is 3.13. The van der Waals surface area contributed by atoms with Crippen LogP contribution in [0.15, 0.2) is 18.2 Å². The van der Waals surface area contributed by atoms with E-state index in [1.165, 1.54) is 0 Å². The Bertz CT molecular complexity index is 377. The minimum Gasteiger partial charge on any atom is -0.497 e. The average molecular weight is 257 g/mol. The summed E-state index contributed by atoms with van der Waals surface area (Å²) in [6.45, 7) is 0. The van der Waals surface area contributed by atoms with Crippen LogP contribution in [0.3, 0.4) is 0 Å². The third-order valence-electron chi connectivity index (χ3n) is 2.50. The van der Waals surface area contributed by atoms with Crippen molar-refractivity contribution in [3.8, 4) is 11.5 Å². The molecule has 0 spiro atoms. The van der Waals surface area contributed by atoms with Gasteiger partial charge in [0.15, 0.2) is 5.78 Å². The smallest absolute Gasteiger partial charge is 0.166 e. The van der Waals surface area contributed by atoms with Crippen molar-refractivity contribution in [2.24, 2.45) is 0 Å². The monoisotopic (exact) mass is 256 g/mol. The van der Waals surface area contributed by atoms with Crippen molar-refractivity contribution in [2.45, 2.75) is 19.3 Å². The molecule has 0 fully saturated rings. The Labute approximate surface area is 107 Å². The fraction of sp³-hybridized carbons (Fsp3) is 0.462. The number of hydrogen-bond acceptors (Lipinski definition) is 3. The molecule has 0 bridgehead atoms. The van der Waals surface area contributed by atoms with E-state index in [0.717, 1.165) is 12.8 Å². The molecule has 1 rings (SSSR count). The van der Waals surface area contributed by atoms with E-state index >= 15 is 0 Å². The van der Waals surface area contributed by atoms with Gasteiger partial charge >= 0.3 is 0 Å². The largest absolute Gasteiger partial charge is 0.497 e. The van der Waals surface area contributed by atoms with Gasteiger partial charge in [0.1, 0.15) is 11.5 Å². The highest BCUT2D eigenvalue weighted by molar-refractivity contribution is 6.17. The van der Waals surface area contributed by atoms with Gasteiger partial charge in [-0.3, -0.25) is 4.79 Å².